The van der Waals surface area contributed by atoms with Gasteiger partial charge in [0.2, 0.25) is 0 Å². The van der Waals surface area contributed by atoms with Gasteiger partial charge in [-0.05, 0) is 24.6 Å². The molecule has 0 radical (unpaired) electrons. The Morgan fingerprint density at radius 3 is 2.38 bits per heavy atom. The van der Waals surface area contributed by atoms with E-state index < -0.39 is 0 Å². The van der Waals surface area contributed by atoms with Gasteiger partial charge >= 0.3 is 5.97 Å². The molecule has 1 rings (SSSR count). The quantitative estimate of drug-likeness (QED) is 0.459. The van der Waals surface area contributed by atoms with E-state index in [1.165, 1.54) is 58.5 Å². The van der Waals surface area contributed by atoms with Gasteiger partial charge in [-0.3, -0.25) is 0 Å². The van der Waals surface area contributed by atoms with E-state index in [0.29, 0.717) is 5.56 Å². The van der Waals surface area contributed by atoms with E-state index in [1.54, 1.807) is 6.07 Å². The summed E-state index contributed by atoms with van der Waals surface area (Å²) in [7, 11) is 1.41. The molecule has 0 saturated heterocycles. The van der Waals surface area contributed by atoms with Crippen molar-refractivity contribution in [1.82, 2.24) is 0 Å². The number of benzene rings is 1. The zero-order valence-electron chi connectivity index (χ0n) is 13.5. The fourth-order valence-electron chi connectivity index (χ4n) is 2.37. The molecule has 0 aliphatic heterocycles. The normalized spacial score (nSPS) is 10.4. The van der Waals surface area contributed by atoms with Crippen LogP contribution in [0.4, 0.5) is 5.69 Å². The number of ether oxygens (including phenoxy) is 1. The third-order valence-corrected chi connectivity index (χ3v) is 3.64. The van der Waals surface area contributed by atoms with Gasteiger partial charge in [0.25, 0.3) is 0 Å². The zero-order valence-corrected chi connectivity index (χ0v) is 13.5. The molecule has 118 valence electrons. The van der Waals surface area contributed by atoms with Crippen LogP contribution in [0.25, 0.3) is 0 Å². The molecule has 0 fully saturated rings. The second-order valence-electron chi connectivity index (χ2n) is 5.47. The Balaban J connectivity index is 2.11. The van der Waals surface area contributed by atoms with Gasteiger partial charge in [0.15, 0.2) is 0 Å². The minimum Gasteiger partial charge on any atom is -0.465 e. The lowest BCUT2D eigenvalue weighted by Crippen LogP contribution is -2.04. The summed E-state index contributed by atoms with van der Waals surface area (Å²) < 4.78 is 4.72. The standard InChI is InChI=1S/C18H29NO2/c1-3-4-5-6-7-8-9-10-14-19-17-13-11-12-16(15-17)18(20)21-2/h11-13,15,19H,3-10,14H2,1-2H3. The van der Waals surface area contributed by atoms with Crippen molar-refractivity contribution in [3.8, 4) is 0 Å². The molecule has 1 aromatic carbocycles. The molecule has 0 bridgehead atoms. The van der Waals surface area contributed by atoms with E-state index in [2.05, 4.69) is 12.2 Å². The van der Waals surface area contributed by atoms with E-state index in [4.69, 9.17) is 4.74 Å². The first-order valence-corrected chi connectivity index (χ1v) is 8.20. The Kier molecular flexibility index (Phi) is 9.34. The van der Waals surface area contributed by atoms with Gasteiger partial charge in [-0.1, -0.05) is 57.9 Å². The summed E-state index contributed by atoms with van der Waals surface area (Å²) in [6, 6.07) is 7.48. The highest BCUT2D eigenvalue weighted by molar-refractivity contribution is 5.90. The molecule has 0 amide bonds. The minimum absolute atomic E-state index is 0.286. The lowest BCUT2D eigenvalue weighted by Gasteiger charge is -2.07. The first-order valence-electron chi connectivity index (χ1n) is 8.20. The predicted molar refractivity (Wildman–Crippen MR) is 88.9 cm³/mol. The molecule has 0 unspecified atom stereocenters. The molecule has 0 aromatic heterocycles. The van der Waals surface area contributed by atoms with Crippen LogP contribution in [0.3, 0.4) is 0 Å². The first kappa shape index (κ1) is 17.5. The largest absolute Gasteiger partial charge is 0.465 e. The topological polar surface area (TPSA) is 38.3 Å². The highest BCUT2D eigenvalue weighted by atomic mass is 16.5. The Bertz CT molecular complexity index is 404. The van der Waals surface area contributed by atoms with Crippen LogP contribution in [0, 0.1) is 0 Å². The number of anilines is 1. The molecule has 21 heavy (non-hydrogen) atoms. The molecular formula is C18H29NO2. The Morgan fingerprint density at radius 1 is 1.05 bits per heavy atom. The van der Waals surface area contributed by atoms with Crippen molar-refractivity contribution in [3.63, 3.8) is 0 Å². The molecule has 0 aliphatic carbocycles. The summed E-state index contributed by atoms with van der Waals surface area (Å²) in [6.45, 7) is 3.21. The van der Waals surface area contributed by atoms with Crippen molar-refractivity contribution in [2.24, 2.45) is 0 Å². The molecule has 3 heteroatoms. The second kappa shape index (κ2) is 11.2. The van der Waals surface area contributed by atoms with Crippen LogP contribution in [0.5, 0.6) is 0 Å². The van der Waals surface area contributed by atoms with Gasteiger partial charge in [-0.15, -0.1) is 0 Å². The third-order valence-electron chi connectivity index (χ3n) is 3.64. The van der Waals surface area contributed by atoms with Crippen molar-refractivity contribution >= 4 is 11.7 Å². The summed E-state index contributed by atoms with van der Waals surface area (Å²) in [6.07, 6.45) is 10.6. The lowest BCUT2D eigenvalue weighted by atomic mass is 10.1. The van der Waals surface area contributed by atoms with E-state index >= 15 is 0 Å². The molecule has 0 atom stereocenters. The van der Waals surface area contributed by atoms with Crippen LogP contribution in [0.1, 0.15) is 68.6 Å². The fraction of sp³-hybridized carbons (Fsp3) is 0.611. The van der Waals surface area contributed by atoms with Crippen molar-refractivity contribution < 1.29 is 9.53 Å². The van der Waals surface area contributed by atoms with Crippen molar-refractivity contribution in [2.45, 2.75) is 58.3 Å². The van der Waals surface area contributed by atoms with Crippen LogP contribution < -0.4 is 5.32 Å². The highest BCUT2D eigenvalue weighted by Gasteiger charge is 2.04. The maximum absolute atomic E-state index is 11.4. The lowest BCUT2D eigenvalue weighted by molar-refractivity contribution is 0.0601. The molecule has 1 N–H and O–H groups in total. The number of rotatable bonds is 11. The molecule has 0 spiro atoms. The molecule has 1 aromatic rings. The van der Waals surface area contributed by atoms with E-state index in [-0.39, 0.29) is 5.97 Å². The summed E-state index contributed by atoms with van der Waals surface area (Å²) in [4.78, 5) is 11.4. The van der Waals surface area contributed by atoms with Crippen LogP contribution in [0.2, 0.25) is 0 Å². The number of nitrogens with one attached hydrogen (secondary N) is 1. The predicted octanol–water partition coefficient (Wildman–Crippen LogP) is 5.03. The zero-order chi connectivity index (χ0) is 15.3. The van der Waals surface area contributed by atoms with Gasteiger partial charge in [-0.25, -0.2) is 4.79 Å². The second-order valence-corrected chi connectivity index (χ2v) is 5.47. The molecule has 0 heterocycles. The molecule has 0 saturated carbocycles. The number of hydrogen-bond donors (Lipinski definition) is 1. The van der Waals surface area contributed by atoms with Crippen molar-refractivity contribution in [2.75, 3.05) is 19.0 Å². The van der Waals surface area contributed by atoms with Gasteiger partial charge in [0, 0.05) is 12.2 Å². The van der Waals surface area contributed by atoms with Crippen molar-refractivity contribution in [3.05, 3.63) is 29.8 Å². The maximum atomic E-state index is 11.4. The smallest absolute Gasteiger partial charge is 0.337 e. The number of methoxy groups -OCH3 is 1. The van der Waals surface area contributed by atoms with Crippen LogP contribution in [-0.2, 0) is 4.74 Å². The number of carbonyl (C=O) groups is 1. The third kappa shape index (κ3) is 7.74. The minimum atomic E-state index is -0.286. The summed E-state index contributed by atoms with van der Waals surface area (Å²) in [5, 5.41) is 3.37. The number of carbonyl (C=O) groups excluding carboxylic acids is 1. The fourth-order valence-corrected chi connectivity index (χ4v) is 2.37. The number of esters is 1. The average molecular weight is 291 g/mol. The highest BCUT2D eigenvalue weighted by Crippen LogP contribution is 2.12. The van der Waals surface area contributed by atoms with Crippen LogP contribution in [0.15, 0.2) is 24.3 Å². The van der Waals surface area contributed by atoms with E-state index in [0.717, 1.165) is 12.2 Å². The monoisotopic (exact) mass is 291 g/mol. The summed E-state index contributed by atoms with van der Waals surface area (Å²) >= 11 is 0. The number of unbranched alkanes of at least 4 members (excludes halogenated alkanes) is 7. The molecule has 3 nitrogen and oxygen atoms in total. The van der Waals surface area contributed by atoms with E-state index in [9.17, 15) is 4.79 Å². The van der Waals surface area contributed by atoms with Crippen molar-refractivity contribution in [1.29, 1.82) is 0 Å². The van der Waals surface area contributed by atoms with Crippen LogP contribution in [-0.4, -0.2) is 19.6 Å². The van der Waals surface area contributed by atoms with Gasteiger partial charge in [-0.2, -0.15) is 0 Å². The van der Waals surface area contributed by atoms with Gasteiger partial charge < -0.3 is 10.1 Å². The van der Waals surface area contributed by atoms with Gasteiger partial charge in [0.05, 0.1) is 12.7 Å². The van der Waals surface area contributed by atoms with E-state index in [1.807, 2.05) is 18.2 Å². The average Bonchev–Trinajstić information content (AvgIpc) is 2.53. The Morgan fingerprint density at radius 2 is 1.71 bits per heavy atom. The Labute approximate surface area is 129 Å². The maximum Gasteiger partial charge on any atom is 0.337 e. The van der Waals surface area contributed by atoms with Crippen LogP contribution >= 0.6 is 0 Å². The van der Waals surface area contributed by atoms with Gasteiger partial charge in [0.1, 0.15) is 0 Å². The Hall–Kier alpha value is -1.51. The molecular weight excluding hydrogens is 262 g/mol. The SMILES string of the molecule is CCCCCCCCCCNc1cccc(C(=O)OC)c1. The first-order chi connectivity index (χ1) is 10.3. The summed E-state index contributed by atoms with van der Waals surface area (Å²) in [5.41, 5.74) is 1.58. The number of hydrogen-bond acceptors (Lipinski definition) is 3. The summed E-state index contributed by atoms with van der Waals surface area (Å²) in [5.74, 6) is -0.286. The molecule has 0 aliphatic rings.